The smallest absolute Gasteiger partial charge is 0.186 e. The second-order valence-electron chi connectivity index (χ2n) is 18.0. The number of hydrogen-bond donors (Lipinski definition) is 4. The third kappa shape index (κ3) is 4.11. The fourth-order valence-electron chi connectivity index (χ4n) is 13.4. The van der Waals surface area contributed by atoms with Crippen LogP contribution in [0.15, 0.2) is 0 Å². The van der Waals surface area contributed by atoms with Crippen molar-refractivity contribution in [1.82, 2.24) is 0 Å². The Morgan fingerprint density at radius 3 is 2.29 bits per heavy atom. The Labute approximate surface area is 268 Å². The highest BCUT2D eigenvalue weighted by molar-refractivity contribution is 5.93. The van der Waals surface area contributed by atoms with Crippen LogP contribution >= 0.6 is 0 Å². The summed E-state index contributed by atoms with van der Waals surface area (Å²) in [5, 5.41) is 41.7. The van der Waals surface area contributed by atoms with Gasteiger partial charge in [-0.15, -0.1) is 0 Å². The number of carbonyl (C=O) groups is 1. The number of Topliss-reactive ketones (excluding diaryl/α,β-unsaturated/α-hetero) is 1. The lowest BCUT2D eigenvalue weighted by atomic mass is 9.41. The van der Waals surface area contributed by atoms with Gasteiger partial charge in [-0.1, -0.05) is 34.6 Å². The highest BCUT2D eigenvalue weighted by atomic mass is 16.7. The molecule has 7 fully saturated rings. The van der Waals surface area contributed by atoms with Crippen LogP contribution in [0.1, 0.15) is 99.8 Å². The van der Waals surface area contributed by atoms with Crippen LogP contribution in [0.5, 0.6) is 0 Å². The molecule has 2 aliphatic heterocycles. The number of ketones is 1. The van der Waals surface area contributed by atoms with Gasteiger partial charge in [-0.2, -0.15) is 0 Å². The number of fused-ring (bicyclic) bond motifs is 4. The summed E-state index contributed by atoms with van der Waals surface area (Å²) in [5.41, 5.74) is -1.54. The Hall–Kier alpha value is -0.650. The van der Waals surface area contributed by atoms with Crippen molar-refractivity contribution in [2.24, 2.45) is 50.7 Å². The first-order valence-electron chi connectivity index (χ1n) is 17.7. The minimum Gasteiger partial charge on any atom is -0.388 e. The van der Waals surface area contributed by atoms with Crippen molar-refractivity contribution in [1.29, 1.82) is 0 Å². The summed E-state index contributed by atoms with van der Waals surface area (Å²) in [5.74, 6) is 1.46. The maximum atomic E-state index is 14.9. The third-order valence-corrected chi connectivity index (χ3v) is 15.5. The van der Waals surface area contributed by atoms with E-state index in [9.17, 15) is 25.2 Å². The summed E-state index contributed by atoms with van der Waals surface area (Å²) in [6, 6.07) is 0. The topological polar surface area (TPSA) is 135 Å². The van der Waals surface area contributed by atoms with E-state index in [1.165, 1.54) is 0 Å². The Bertz CT molecular complexity index is 1200. The molecular weight excluding hydrogens is 576 g/mol. The molecule has 45 heavy (non-hydrogen) atoms. The summed E-state index contributed by atoms with van der Waals surface area (Å²) in [6.07, 6.45) is 1.94. The molecule has 0 aromatic rings. The van der Waals surface area contributed by atoms with E-state index < -0.39 is 47.8 Å². The van der Waals surface area contributed by atoms with Crippen molar-refractivity contribution in [3.8, 4) is 0 Å². The number of ether oxygens (including phenoxy) is 4. The average Bonchev–Trinajstić information content (AvgIpc) is 3.59. The Morgan fingerprint density at radius 1 is 0.956 bits per heavy atom. The second-order valence-corrected chi connectivity index (χ2v) is 18.0. The van der Waals surface area contributed by atoms with Crippen LogP contribution in [-0.4, -0.2) is 94.5 Å². The average molecular weight is 635 g/mol. The van der Waals surface area contributed by atoms with E-state index in [0.29, 0.717) is 11.8 Å². The van der Waals surface area contributed by atoms with Gasteiger partial charge in [0.05, 0.1) is 24.4 Å². The lowest BCUT2D eigenvalue weighted by Gasteiger charge is -2.62. The highest BCUT2D eigenvalue weighted by Crippen LogP contribution is 2.89. The van der Waals surface area contributed by atoms with Gasteiger partial charge < -0.3 is 39.4 Å². The fourth-order valence-corrected chi connectivity index (χ4v) is 13.4. The molecule has 0 unspecified atom stereocenters. The molecule has 9 heteroatoms. The molecule has 16 atom stereocenters. The van der Waals surface area contributed by atoms with E-state index >= 15 is 0 Å². The first kappa shape index (κ1) is 32.9. The predicted molar refractivity (Wildman–Crippen MR) is 165 cm³/mol. The van der Waals surface area contributed by atoms with Gasteiger partial charge in [0.15, 0.2) is 12.1 Å². The highest BCUT2D eigenvalue weighted by Gasteiger charge is 2.85. The van der Waals surface area contributed by atoms with Crippen LogP contribution in [0.25, 0.3) is 0 Å². The van der Waals surface area contributed by atoms with Crippen molar-refractivity contribution >= 4 is 5.78 Å². The van der Waals surface area contributed by atoms with Gasteiger partial charge in [-0.3, -0.25) is 4.79 Å². The molecule has 2 spiro atoms. The van der Waals surface area contributed by atoms with Gasteiger partial charge in [0, 0.05) is 18.4 Å². The summed E-state index contributed by atoms with van der Waals surface area (Å²) >= 11 is 0. The summed E-state index contributed by atoms with van der Waals surface area (Å²) in [7, 11) is 1.62. The van der Waals surface area contributed by atoms with Gasteiger partial charge in [0.25, 0.3) is 0 Å². The number of carbonyl (C=O) groups excluding carboxylic acids is 1. The number of aliphatic hydroxyl groups is 4. The normalized spacial score (nSPS) is 55.9. The van der Waals surface area contributed by atoms with Gasteiger partial charge in [0.2, 0.25) is 0 Å². The molecule has 7 aliphatic rings. The molecule has 9 nitrogen and oxygen atoms in total. The quantitative estimate of drug-likeness (QED) is 0.335. The zero-order valence-corrected chi connectivity index (χ0v) is 28.6. The lowest BCUT2D eigenvalue weighted by Crippen LogP contribution is -2.60. The minimum atomic E-state index is -1.29. The molecule has 0 aromatic heterocycles. The Morgan fingerprint density at radius 2 is 1.62 bits per heavy atom. The van der Waals surface area contributed by atoms with Crippen molar-refractivity contribution in [2.45, 2.75) is 154 Å². The number of methoxy groups -OCH3 is 1. The van der Waals surface area contributed by atoms with Crippen LogP contribution in [0.2, 0.25) is 0 Å². The fraction of sp³-hybridized carbons (Fsp3) is 0.972. The van der Waals surface area contributed by atoms with Crippen molar-refractivity contribution in [3.63, 3.8) is 0 Å². The molecular formula is C36H58O9. The van der Waals surface area contributed by atoms with Crippen LogP contribution in [-0.2, 0) is 23.7 Å². The molecule has 2 heterocycles. The summed E-state index contributed by atoms with van der Waals surface area (Å²) in [4.78, 5) is 14.9. The van der Waals surface area contributed by atoms with Crippen molar-refractivity contribution in [3.05, 3.63) is 0 Å². The molecule has 5 aliphatic carbocycles. The third-order valence-electron chi connectivity index (χ3n) is 15.5. The molecule has 7 rings (SSSR count). The summed E-state index contributed by atoms with van der Waals surface area (Å²) in [6.45, 7) is 15.0. The molecule has 2 saturated heterocycles. The van der Waals surface area contributed by atoms with Gasteiger partial charge in [-0.25, -0.2) is 0 Å². The first-order valence-corrected chi connectivity index (χ1v) is 17.7. The molecule has 0 bridgehead atoms. The van der Waals surface area contributed by atoms with E-state index in [2.05, 4.69) is 34.6 Å². The standard InChI is InChI=1S/C36H58O9/c1-18-15-20(29(42-8)32(4,5)41)44-27-24(18)33(6)13-14-36-17-35(36)12-11-23(45-30-26(39)25(38)19(37)16-43-30)31(2,3)21(35)9-10-22(36)34(33,7)28(27)40/h18-27,29-30,37-39,41H,9-17H2,1-8H3/t18-,19-,20-,21+,22+,23+,24+,25+,26-,27+,29+,30+,33-,34-,35-,36+/m1/s1. The molecule has 0 aromatic carbocycles. The van der Waals surface area contributed by atoms with Crippen LogP contribution in [0, 0.1) is 50.7 Å². The van der Waals surface area contributed by atoms with Gasteiger partial charge in [0.1, 0.15) is 30.5 Å². The lowest BCUT2D eigenvalue weighted by molar-refractivity contribution is -0.302. The van der Waals surface area contributed by atoms with Crippen LogP contribution in [0.3, 0.4) is 0 Å². The molecule has 256 valence electrons. The SMILES string of the molecule is CO[C@@H]([C@H]1C[C@@H](C)[C@H]2[C@H](O1)C(=O)[C@@]1(C)[C@@H]3CC[C@H]4C(C)(C)[C@@H](O[C@@H]5OC[C@@H](O)[C@H](O)[C@H]5O)CC[C@@]45C[C@@]35CC[C@]21C)C(C)(C)O. The first-order chi connectivity index (χ1) is 20.9. The minimum absolute atomic E-state index is 0.0610. The molecule has 0 radical (unpaired) electrons. The van der Waals surface area contributed by atoms with Gasteiger partial charge in [-0.05, 0) is 105 Å². The monoisotopic (exact) mass is 634 g/mol. The maximum Gasteiger partial charge on any atom is 0.186 e. The largest absolute Gasteiger partial charge is 0.388 e. The van der Waals surface area contributed by atoms with E-state index in [1.54, 1.807) is 21.0 Å². The predicted octanol–water partition coefficient (Wildman–Crippen LogP) is 3.62. The van der Waals surface area contributed by atoms with Crippen LogP contribution < -0.4 is 0 Å². The maximum absolute atomic E-state index is 14.9. The number of hydrogen-bond acceptors (Lipinski definition) is 9. The number of rotatable bonds is 5. The Balaban J connectivity index is 1.15. The molecule has 4 N–H and O–H groups in total. The van der Waals surface area contributed by atoms with Crippen molar-refractivity contribution < 1.29 is 44.2 Å². The summed E-state index contributed by atoms with van der Waals surface area (Å²) < 4.78 is 24.6. The second kappa shape index (κ2) is 10.2. The zero-order valence-electron chi connectivity index (χ0n) is 28.6. The molecule has 5 saturated carbocycles. The van der Waals surface area contributed by atoms with Crippen molar-refractivity contribution in [2.75, 3.05) is 13.7 Å². The van der Waals surface area contributed by atoms with E-state index in [1.807, 2.05) is 0 Å². The van der Waals surface area contributed by atoms with E-state index in [4.69, 9.17) is 18.9 Å². The van der Waals surface area contributed by atoms with E-state index in [0.717, 1.165) is 51.4 Å². The van der Waals surface area contributed by atoms with Gasteiger partial charge >= 0.3 is 0 Å². The zero-order chi connectivity index (χ0) is 32.7. The Kier molecular flexibility index (Phi) is 7.44. The van der Waals surface area contributed by atoms with E-state index in [-0.39, 0.29) is 58.1 Å². The van der Waals surface area contributed by atoms with Crippen LogP contribution in [0.4, 0.5) is 0 Å². The molecule has 0 amide bonds. The number of aliphatic hydroxyl groups excluding tert-OH is 3.